The summed E-state index contributed by atoms with van der Waals surface area (Å²) in [5, 5.41) is 0. The molecule has 9 heteroatoms. The van der Waals surface area contributed by atoms with Gasteiger partial charge in [0.25, 0.3) is 5.91 Å². The van der Waals surface area contributed by atoms with Crippen molar-refractivity contribution in [3.63, 3.8) is 0 Å². The van der Waals surface area contributed by atoms with Crippen LogP contribution in [0.4, 0.5) is 4.79 Å². The Balaban J connectivity index is 1.77. The third-order valence-electron chi connectivity index (χ3n) is 4.82. The smallest absolute Gasteiger partial charge is 0.320 e. The van der Waals surface area contributed by atoms with Crippen molar-refractivity contribution >= 4 is 21.8 Å². The lowest BCUT2D eigenvalue weighted by atomic mass is 10.1. The molecule has 154 valence electrons. The van der Waals surface area contributed by atoms with Crippen molar-refractivity contribution in [3.8, 4) is 0 Å². The number of hydrogen-bond acceptors (Lipinski definition) is 5. The van der Waals surface area contributed by atoms with Crippen LogP contribution in [0, 0.1) is 0 Å². The lowest BCUT2D eigenvalue weighted by Gasteiger charge is -2.33. The summed E-state index contributed by atoms with van der Waals surface area (Å²) in [4.78, 5) is 28.0. The fourth-order valence-electron chi connectivity index (χ4n) is 3.16. The first kappa shape index (κ1) is 20.8. The van der Waals surface area contributed by atoms with E-state index in [0.29, 0.717) is 18.7 Å². The van der Waals surface area contributed by atoms with Gasteiger partial charge in [0, 0.05) is 31.7 Å². The highest BCUT2D eigenvalue weighted by Crippen LogP contribution is 2.15. The fourth-order valence-corrected chi connectivity index (χ4v) is 4.37. The van der Waals surface area contributed by atoms with Crippen molar-refractivity contribution in [1.82, 2.24) is 15.2 Å². The van der Waals surface area contributed by atoms with Crippen LogP contribution >= 0.6 is 0 Å². The molecule has 0 aromatic heterocycles. The van der Waals surface area contributed by atoms with Gasteiger partial charge in [-0.3, -0.25) is 10.2 Å². The molecule has 1 heterocycles. The third-order valence-corrected chi connectivity index (χ3v) is 6.43. The lowest BCUT2D eigenvalue weighted by molar-refractivity contribution is 0.0953. The molecule has 0 spiro atoms. The summed E-state index contributed by atoms with van der Waals surface area (Å²) in [6, 6.07) is 16.3. The van der Waals surface area contributed by atoms with Gasteiger partial charge >= 0.3 is 6.03 Å². The number of benzene rings is 2. The second-order valence-corrected chi connectivity index (χ2v) is 9.24. The molecule has 0 bridgehead atoms. The number of hydrazine groups is 1. The minimum absolute atomic E-state index is 0.0131. The number of urea groups is 1. The first-order valence-corrected chi connectivity index (χ1v) is 11.1. The van der Waals surface area contributed by atoms with E-state index >= 15 is 0 Å². The van der Waals surface area contributed by atoms with Crippen molar-refractivity contribution < 1.29 is 18.0 Å². The monoisotopic (exact) mass is 416 g/mol. The summed E-state index contributed by atoms with van der Waals surface area (Å²) in [6.45, 7) is 1.12. The maximum absolute atomic E-state index is 13.1. The topological polar surface area (TPSA) is 113 Å². The van der Waals surface area contributed by atoms with E-state index in [9.17, 15) is 18.0 Å². The Hall–Kier alpha value is -2.91. The van der Waals surface area contributed by atoms with Crippen LogP contribution in [0.1, 0.15) is 21.5 Å². The van der Waals surface area contributed by atoms with Crippen molar-refractivity contribution in [2.24, 2.45) is 5.84 Å². The Kier molecular flexibility index (Phi) is 6.50. The van der Waals surface area contributed by atoms with Crippen LogP contribution < -0.4 is 11.3 Å². The Morgan fingerprint density at radius 1 is 0.931 bits per heavy atom. The van der Waals surface area contributed by atoms with Crippen LogP contribution in [0.3, 0.4) is 0 Å². The summed E-state index contributed by atoms with van der Waals surface area (Å²) >= 11 is 0. The van der Waals surface area contributed by atoms with Crippen LogP contribution in [0.15, 0.2) is 54.6 Å². The second kappa shape index (κ2) is 9.06. The number of sulfone groups is 1. The van der Waals surface area contributed by atoms with Crippen LogP contribution in [0.5, 0.6) is 0 Å². The van der Waals surface area contributed by atoms with Gasteiger partial charge in [-0.05, 0) is 23.3 Å². The first-order valence-electron chi connectivity index (χ1n) is 9.26. The van der Waals surface area contributed by atoms with Crippen molar-refractivity contribution in [3.05, 3.63) is 71.3 Å². The molecule has 0 saturated carbocycles. The molecular weight excluding hydrogens is 392 g/mol. The van der Waals surface area contributed by atoms with Crippen LogP contribution in [0.25, 0.3) is 0 Å². The molecule has 3 amide bonds. The maximum atomic E-state index is 13.1. The summed E-state index contributed by atoms with van der Waals surface area (Å²) in [7, 11) is -3.07. The highest BCUT2D eigenvalue weighted by atomic mass is 32.2. The number of nitrogens with one attached hydrogen (secondary N) is 1. The van der Waals surface area contributed by atoms with Gasteiger partial charge in [-0.15, -0.1) is 0 Å². The molecule has 8 nitrogen and oxygen atoms in total. The molecule has 2 aromatic carbocycles. The van der Waals surface area contributed by atoms with Crippen LogP contribution in [-0.4, -0.2) is 54.8 Å². The van der Waals surface area contributed by atoms with E-state index in [-0.39, 0.29) is 36.5 Å². The maximum Gasteiger partial charge on any atom is 0.320 e. The zero-order chi connectivity index (χ0) is 20.9. The quantitative estimate of drug-likeness (QED) is 0.431. The van der Waals surface area contributed by atoms with Gasteiger partial charge in [-0.25, -0.2) is 19.1 Å². The predicted octanol–water partition coefficient (Wildman–Crippen LogP) is 1.14. The summed E-state index contributed by atoms with van der Waals surface area (Å²) in [6.07, 6.45) is 0. The number of rotatable bonds is 5. The molecule has 2 aromatic rings. The van der Waals surface area contributed by atoms with Crippen molar-refractivity contribution in [2.75, 3.05) is 24.6 Å². The normalized spacial score (nSPS) is 15.6. The van der Waals surface area contributed by atoms with Gasteiger partial charge in [0.15, 0.2) is 9.84 Å². The fraction of sp³-hybridized carbons (Fsp3) is 0.300. The number of carbonyl (C=O) groups is 2. The molecule has 0 atom stereocenters. The van der Waals surface area contributed by atoms with E-state index in [4.69, 9.17) is 5.84 Å². The molecule has 1 fully saturated rings. The van der Waals surface area contributed by atoms with E-state index in [2.05, 4.69) is 5.43 Å². The number of nitrogen functional groups attached to an aromatic ring is 1. The summed E-state index contributed by atoms with van der Waals surface area (Å²) < 4.78 is 23.4. The van der Waals surface area contributed by atoms with Gasteiger partial charge in [0.2, 0.25) is 0 Å². The summed E-state index contributed by atoms with van der Waals surface area (Å²) in [5.74, 6) is 4.74. The van der Waals surface area contributed by atoms with Crippen molar-refractivity contribution in [2.45, 2.75) is 13.1 Å². The molecule has 0 unspecified atom stereocenters. The van der Waals surface area contributed by atoms with E-state index in [1.54, 1.807) is 34.1 Å². The third kappa shape index (κ3) is 5.55. The molecule has 3 N–H and O–H groups in total. The Bertz CT molecular complexity index is 948. The van der Waals surface area contributed by atoms with Gasteiger partial charge in [0.1, 0.15) is 0 Å². The van der Waals surface area contributed by atoms with Gasteiger partial charge in [-0.1, -0.05) is 42.5 Å². The van der Waals surface area contributed by atoms with Gasteiger partial charge < -0.3 is 9.80 Å². The number of hydrogen-bond donors (Lipinski definition) is 2. The largest absolute Gasteiger partial charge is 0.323 e. The molecule has 1 saturated heterocycles. The summed E-state index contributed by atoms with van der Waals surface area (Å²) in [5.41, 5.74) is 4.34. The average Bonchev–Trinajstić information content (AvgIpc) is 2.73. The number of nitrogens with two attached hydrogens (primary N) is 1. The first-order chi connectivity index (χ1) is 13.9. The second-order valence-electron chi connectivity index (χ2n) is 6.93. The minimum atomic E-state index is -3.07. The van der Waals surface area contributed by atoms with Gasteiger partial charge in [0.05, 0.1) is 11.5 Å². The Labute approximate surface area is 170 Å². The molecule has 0 aliphatic carbocycles. The SMILES string of the molecule is NNC(=O)c1ccc(CN(Cc2ccccc2)C(=O)N2CCS(=O)(=O)CC2)cc1. The molecule has 1 aliphatic rings. The molecular formula is C20H24N4O4S. The van der Waals surface area contributed by atoms with Crippen LogP contribution in [-0.2, 0) is 22.9 Å². The van der Waals surface area contributed by atoms with E-state index < -0.39 is 9.84 Å². The highest BCUT2D eigenvalue weighted by molar-refractivity contribution is 7.91. The van der Waals surface area contributed by atoms with E-state index in [1.807, 2.05) is 30.3 Å². The zero-order valence-electron chi connectivity index (χ0n) is 16.0. The zero-order valence-corrected chi connectivity index (χ0v) is 16.8. The lowest BCUT2D eigenvalue weighted by Crippen LogP contribution is -2.49. The molecule has 1 aliphatic heterocycles. The minimum Gasteiger partial charge on any atom is -0.323 e. The number of amides is 3. The molecule has 3 rings (SSSR count). The van der Waals surface area contributed by atoms with Crippen LogP contribution in [0.2, 0.25) is 0 Å². The Morgan fingerprint density at radius 3 is 2.03 bits per heavy atom. The highest BCUT2D eigenvalue weighted by Gasteiger charge is 2.28. The van der Waals surface area contributed by atoms with Gasteiger partial charge in [-0.2, -0.15) is 0 Å². The number of carbonyl (C=O) groups excluding carboxylic acids is 2. The average molecular weight is 417 g/mol. The number of nitrogens with zero attached hydrogens (tertiary/aromatic N) is 2. The van der Waals surface area contributed by atoms with Crippen molar-refractivity contribution in [1.29, 1.82) is 0 Å². The predicted molar refractivity (Wildman–Crippen MR) is 109 cm³/mol. The van der Waals surface area contributed by atoms with E-state index in [0.717, 1.165) is 11.1 Å². The molecule has 0 radical (unpaired) electrons. The Morgan fingerprint density at radius 2 is 1.48 bits per heavy atom. The molecule has 29 heavy (non-hydrogen) atoms. The standard InChI is InChI=1S/C20H24N4O4S/c21-22-19(25)18-8-6-17(7-9-18)15-24(14-16-4-2-1-3-5-16)20(26)23-10-12-29(27,28)13-11-23/h1-9H,10-15,21H2,(H,22,25). The van der Waals surface area contributed by atoms with E-state index in [1.165, 1.54) is 0 Å².